The van der Waals surface area contributed by atoms with Crippen molar-refractivity contribution in [1.82, 2.24) is 0 Å². The zero-order valence-electron chi connectivity index (χ0n) is 10.4. The lowest BCUT2D eigenvalue weighted by molar-refractivity contribution is 0.392. The Hall–Kier alpha value is -1.14. The number of hydrogen-bond acceptors (Lipinski definition) is 4. The van der Waals surface area contributed by atoms with Crippen molar-refractivity contribution in [2.75, 3.05) is 19.9 Å². The summed E-state index contributed by atoms with van der Waals surface area (Å²) in [5, 5.41) is 0. The molecule has 0 radical (unpaired) electrons. The van der Waals surface area contributed by atoms with Crippen LogP contribution in [0.4, 0.5) is 4.39 Å². The minimum Gasteiger partial charge on any atom is -0.495 e. The molecule has 1 aliphatic rings. The number of hydrogen-bond donors (Lipinski definition) is 1. The molecule has 0 saturated heterocycles. The lowest BCUT2D eigenvalue weighted by Crippen LogP contribution is -2.22. The largest absolute Gasteiger partial charge is 0.495 e. The van der Waals surface area contributed by atoms with E-state index in [1.54, 1.807) is 6.07 Å². The fraction of sp³-hybridized carbons (Fsp3) is 0.500. The molecule has 2 rings (SSSR count). The first-order valence-electron chi connectivity index (χ1n) is 5.63. The van der Waals surface area contributed by atoms with Crippen LogP contribution >= 0.6 is 0 Å². The molecule has 0 bridgehead atoms. The molecule has 1 saturated carbocycles. The van der Waals surface area contributed by atoms with Gasteiger partial charge < -0.3 is 10.5 Å². The van der Waals surface area contributed by atoms with Crippen LogP contribution in [0.5, 0.6) is 5.75 Å². The van der Waals surface area contributed by atoms with E-state index >= 15 is 0 Å². The van der Waals surface area contributed by atoms with Gasteiger partial charge in [0.15, 0.2) is 9.84 Å². The Morgan fingerprint density at radius 1 is 1.44 bits per heavy atom. The van der Waals surface area contributed by atoms with Crippen LogP contribution in [0.1, 0.15) is 18.4 Å². The summed E-state index contributed by atoms with van der Waals surface area (Å²) in [7, 11) is -2.36. The Morgan fingerprint density at radius 2 is 2.06 bits per heavy atom. The highest BCUT2D eigenvalue weighted by Gasteiger charge is 2.46. The second-order valence-electron chi connectivity index (χ2n) is 4.72. The van der Waals surface area contributed by atoms with Crippen molar-refractivity contribution in [3.8, 4) is 5.75 Å². The molecule has 0 spiro atoms. The average Bonchev–Trinajstić information content (AvgIpc) is 3.07. The Labute approximate surface area is 106 Å². The molecule has 1 aliphatic carbocycles. The van der Waals surface area contributed by atoms with Crippen molar-refractivity contribution < 1.29 is 17.5 Å². The standard InChI is InChI=1S/C12H16FNO3S/c1-17-9-4-3-8(12(7-14)5-6-12)10(13)11(9)18(2,15)16/h3-4H,5-7,14H2,1-2H3. The first-order chi connectivity index (χ1) is 8.35. The summed E-state index contributed by atoms with van der Waals surface area (Å²) < 4.78 is 42.7. The lowest BCUT2D eigenvalue weighted by atomic mass is 9.95. The zero-order chi connectivity index (χ0) is 13.6. The van der Waals surface area contributed by atoms with Crippen molar-refractivity contribution in [3.63, 3.8) is 0 Å². The molecule has 6 heteroatoms. The van der Waals surface area contributed by atoms with Gasteiger partial charge in [-0.3, -0.25) is 0 Å². The number of halogens is 1. The van der Waals surface area contributed by atoms with E-state index in [4.69, 9.17) is 10.5 Å². The average molecular weight is 273 g/mol. The molecule has 0 aliphatic heterocycles. The van der Waals surface area contributed by atoms with Gasteiger partial charge in [0.25, 0.3) is 0 Å². The molecular weight excluding hydrogens is 257 g/mol. The van der Waals surface area contributed by atoms with E-state index in [-0.39, 0.29) is 10.6 Å². The monoisotopic (exact) mass is 273 g/mol. The smallest absolute Gasteiger partial charge is 0.182 e. The Morgan fingerprint density at radius 3 is 2.44 bits per heavy atom. The third-order valence-electron chi connectivity index (χ3n) is 3.47. The molecule has 0 heterocycles. The predicted octanol–water partition coefficient (Wildman–Crippen LogP) is 1.23. The van der Waals surface area contributed by atoms with Gasteiger partial charge in [-0.05, 0) is 24.5 Å². The van der Waals surface area contributed by atoms with Crippen LogP contribution in [0, 0.1) is 5.82 Å². The van der Waals surface area contributed by atoms with Gasteiger partial charge in [0.05, 0.1) is 7.11 Å². The maximum Gasteiger partial charge on any atom is 0.182 e. The molecule has 4 nitrogen and oxygen atoms in total. The second-order valence-corrected chi connectivity index (χ2v) is 6.67. The van der Waals surface area contributed by atoms with Gasteiger partial charge in [0.1, 0.15) is 16.5 Å². The summed E-state index contributed by atoms with van der Waals surface area (Å²) in [6.07, 6.45) is 2.55. The summed E-state index contributed by atoms with van der Waals surface area (Å²) in [5.41, 5.74) is 5.64. The number of methoxy groups -OCH3 is 1. The van der Waals surface area contributed by atoms with E-state index in [1.807, 2.05) is 0 Å². The number of sulfone groups is 1. The third kappa shape index (κ3) is 1.99. The van der Waals surface area contributed by atoms with Gasteiger partial charge in [-0.25, -0.2) is 12.8 Å². The normalized spacial score (nSPS) is 17.6. The lowest BCUT2D eigenvalue weighted by Gasteiger charge is -2.17. The number of benzene rings is 1. The van der Waals surface area contributed by atoms with Gasteiger partial charge in [-0.15, -0.1) is 0 Å². The van der Waals surface area contributed by atoms with Crippen LogP contribution < -0.4 is 10.5 Å². The molecule has 0 amide bonds. The van der Waals surface area contributed by atoms with Crippen molar-refractivity contribution in [2.24, 2.45) is 5.73 Å². The summed E-state index contributed by atoms with van der Waals surface area (Å²) in [5.74, 6) is -0.689. The summed E-state index contributed by atoms with van der Waals surface area (Å²) in [6, 6.07) is 3.06. The highest BCUT2D eigenvalue weighted by atomic mass is 32.2. The Kier molecular flexibility index (Phi) is 3.11. The molecule has 100 valence electrons. The minimum atomic E-state index is -3.68. The van der Waals surface area contributed by atoms with Crippen LogP contribution in [0.3, 0.4) is 0 Å². The Balaban J connectivity index is 2.68. The quantitative estimate of drug-likeness (QED) is 0.895. The van der Waals surface area contributed by atoms with Crippen molar-refractivity contribution in [3.05, 3.63) is 23.5 Å². The highest BCUT2D eigenvalue weighted by molar-refractivity contribution is 7.90. The second kappa shape index (κ2) is 4.20. The van der Waals surface area contributed by atoms with Gasteiger partial charge >= 0.3 is 0 Å². The van der Waals surface area contributed by atoms with Crippen LogP contribution in [-0.2, 0) is 15.3 Å². The van der Waals surface area contributed by atoms with Crippen molar-refractivity contribution >= 4 is 9.84 Å². The van der Waals surface area contributed by atoms with E-state index in [0.717, 1.165) is 19.1 Å². The fourth-order valence-corrected chi connectivity index (χ4v) is 3.14. The maximum absolute atomic E-state index is 14.4. The summed E-state index contributed by atoms with van der Waals surface area (Å²) in [4.78, 5) is -0.373. The number of nitrogens with two attached hydrogens (primary N) is 1. The fourth-order valence-electron chi connectivity index (χ4n) is 2.19. The molecular formula is C12H16FNO3S. The number of rotatable bonds is 4. The molecule has 0 atom stereocenters. The Bertz CT molecular complexity index is 579. The van der Waals surface area contributed by atoms with E-state index in [9.17, 15) is 12.8 Å². The van der Waals surface area contributed by atoms with E-state index in [0.29, 0.717) is 12.1 Å². The first-order valence-corrected chi connectivity index (χ1v) is 7.52. The molecule has 0 unspecified atom stereocenters. The molecule has 1 aromatic rings. The van der Waals surface area contributed by atoms with Crippen molar-refractivity contribution in [2.45, 2.75) is 23.2 Å². The zero-order valence-corrected chi connectivity index (χ0v) is 11.2. The summed E-state index contributed by atoms with van der Waals surface area (Å²) in [6.45, 7) is 0.319. The van der Waals surface area contributed by atoms with Crippen LogP contribution in [0.25, 0.3) is 0 Å². The SMILES string of the molecule is COc1ccc(C2(CN)CC2)c(F)c1S(C)(=O)=O. The van der Waals surface area contributed by atoms with Crippen LogP contribution in [0.15, 0.2) is 17.0 Å². The third-order valence-corrected chi connectivity index (χ3v) is 4.59. The number of ether oxygens (including phenoxy) is 1. The predicted molar refractivity (Wildman–Crippen MR) is 66.0 cm³/mol. The van der Waals surface area contributed by atoms with Gasteiger partial charge in [-0.1, -0.05) is 6.07 Å². The van der Waals surface area contributed by atoms with E-state index < -0.39 is 21.1 Å². The summed E-state index contributed by atoms with van der Waals surface area (Å²) >= 11 is 0. The molecule has 1 fully saturated rings. The first kappa shape index (κ1) is 13.3. The minimum absolute atomic E-state index is 0.0339. The van der Waals surface area contributed by atoms with Gasteiger partial charge in [-0.2, -0.15) is 0 Å². The van der Waals surface area contributed by atoms with Crippen LogP contribution in [0.2, 0.25) is 0 Å². The molecule has 1 aromatic carbocycles. The highest BCUT2D eigenvalue weighted by Crippen LogP contribution is 2.49. The van der Waals surface area contributed by atoms with Gasteiger partial charge in [0, 0.05) is 18.2 Å². The van der Waals surface area contributed by atoms with Crippen LogP contribution in [-0.4, -0.2) is 28.3 Å². The van der Waals surface area contributed by atoms with Gasteiger partial charge in [0.2, 0.25) is 0 Å². The van der Waals surface area contributed by atoms with E-state index in [1.165, 1.54) is 13.2 Å². The van der Waals surface area contributed by atoms with Crippen molar-refractivity contribution in [1.29, 1.82) is 0 Å². The molecule has 2 N–H and O–H groups in total. The topological polar surface area (TPSA) is 69.4 Å². The molecule has 0 aromatic heterocycles. The molecule has 18 heavy (non-hydrogen) atoms. The maximum atomic E-state index is 14.4. The van der Waals surface area contributed by atoms with E-state index in [2.05, 4.69) is 0 Å².